The Morgan fingerprint density at radius 1 is 1.60 bits per heavy atom. The number of amides is 1. The molecule has 0 unspecified atom stereocenters. The molecule has 1 rings (SSSR count). The molecule has 2 atom stereocenters. The molecule has 1 aliphatic carbocycles. The van der Waals surface area contributed by atoms with Crippen LogP contribution in [0.2, 0.25) is 0 Å². The highest BCUT2D eigenvalue weighted by molar-refractivity contribution is 6.67. The number of nitrogens with one attached hydrogen (secondary N) is 1. The van der Waals surface area contributed by atoms with Gasteiger partial charge in [-0.2, -0.15) is 0 Å². The van der Waals surface area contributed by atoms with Crippen molar-refractivity contribution in [1.82, 2.24) is 5.32 Å². The highest BCUT2D eigenvalue weighted by atomic mass is 35.6. The Balaban J connectivity index is 2.87. The Labute approximate surface area is 102 Å². The number of carbonyl (C=O) groups is 1. The Kier molecular flexibility index (Phi) is 3.76. The molecule has 1 aliphatic rings. The summed E-state index contributed by atoms with van der Waals surface area (Å²) < 4.78 is -1.63. The second-order valence-corrected chi connectivity index (χ2v) is 5.93. The van der Waals surface area contributed by atoms with Crippen LogP contribution < -0.4 is 5.32 Å². The van der Waals surface area contributed by atoms with Crippen molar-refractivity contribution >= 4 is 40.9 Å². The van der Waals surface area contributed by atoms with Crippen LogP contribution in [0.5, 0.6) is 0 Å². The van der Waals surface area contributed by atoms with E-state index >= 15 is 0 Å². The van der Waals surface area contributed by atoms with E-state index < -0.39 is 21.5 Å². The molecule has 0 spiro atoms. The number of hydrogen-bond acceptors (Lipinski definition) is 2. The summed E-state index contributed by atoms with van der Waals surface area (Å²) in [7, 11) is 0. The van der Waals surface area contributed by atoms with E-state index in [1.165, 1.54) is 6.08 Å². The van der Waals surface area contributed by atoms with Crippen LogP contribution in [-0.2, 0) is 0 Å². The van der Waals surface area contributed by atoms with Crippen molar-refractivity contribution in [3.63, 3.8) is 0 Å². The Morgan fingerprint density at radius 3 is 2.53 bits per heavy atom. The normalized spacial score (nSPS) is 30.5. The molecule has 0 fully saturated rings. The van der Waals surface area contributed by atoms with Crippen LogP contribution in [0.3, 0.4) is 0 Å². The van der Waals surface area contributed by atoms with E-state index in [1.807, 2.05) is 0 Å². The molecule has 0 saturated carbocycles. The van der Waals surface area contributed by atoms with Crippen LogP contribution in [0, 0.1) is 0 Å². The molecule has 7 heteroatoms. The molecule has 0 bridgehead atoms. The van der Waals surface area contributed by atoms with Crippen LogP contribution in [0.25, 0.3) is 0 Å². The average Bonchev–Trinajstić information content (AvgIpc) is 2.27. The maximum Gasteiger partial charge on any atom is 0.405 e. The molecule has 0 aromatic rings. The SMILES string of the molecule is O=C(O)N[C@]1(CC(Cl)(Cl)Cl)C=CC[C@H]1O. The van der Waals surface area contributed by atoms with Crippen molar-refractivity contribution in [2.45, 2.75) is 28.3 Å². The summed E-state index contributed by atoms with van der Waals surface area (Å²) in [4.78, 5) is 10.6. The fourth-order valence-corrected chi connectivity index (χ4v) is 2.27. The number of aliphatic hydroxyl groups is 1. The van der Waals surface area contributed by atoms with Crippen LogP contribution in [0.4, 0.5) is 4.79 Å². The van der Waals surface area contributed by atoms with Gasteiger partial charge in [0.15, 0.2) is 3.79 Å². The number of hydrogen-bond donors (Lipinski definition) is 3. The maximum absolute atomic E-state index is 10.6. The minimum absolute atomic E-state index is 0.116. The molecule has 1 amide bonds. The van der Waals surface area contributed by atoms with E-state index in [1.54, 1.807) is 6.08 Å². The zero-order valence-electron chi connectivity index (χ0n) is 7.58. The summed E-state index contributed by atoms with van der Waals surface area (Å²) >= 11 is 16.8. The predicted octanol–water partition coefficient (Wildman–Crippen LogP) is 2.07. The first-order chi connectivity index (χ1) is 6.75. The molecule has 0 radical (unpaired) electrons. The molecule has 0 aliphatic heterocycles. The lowest BCUT2D eigenvalue weighted by molar-refractivity contribution is 0.0912. The summed E-state index contributed by atoms with van der Waals surface area (Å²) in [6.45, 7) is 0. The van der Waals surface area contributed by atoms with Crippen LogP contribution >= 0.6 is 34.8 Å². The van der Waals surface area contributed by atoms with Gasteiger partial charge in [0.2, 0.25) is 0 Å². The second kappa shape index (κ2) is 4.37. The molecule has 86 valence electrons. The highest BCUT2D eigenvalue weighted by Crippen LogP contribution is 2.39. The van der Waals surface area contributed by atoms with E-state index in [0.29, 0.717) is 6.42 Å². The second-order valence-electron chi connectivity index (χ2n) is 3.42. The quantitative estimate of drug-likeness (QED) is 0.533. The summed E-state index contributed by atoms with van der Waals surface area (Å²) in [5.41, 5.74) is -1.21. The van der Waals surface area contributed by atoms with Crippen molar-refractivity contribution in [3.05, 3.63) is 12.2 Å². The molecule has 4 nitrogen and oxygen atoms in total. The van der Waals surface area contributed by atoms with Crippen molar-refractivity contribution in [3.8, 4) is 0 Å². The van der Waals surface area contributed by atoms with Crippen molar-refractivity contribution in [1.29, 1.82) is 0 Å². The number of halogens is 3. The van der Waals surface area contributed by atoms with E-state index in [9.17, 15) is 9.90 Å². The largest absolute Gasteiger partial charge is 0.465 e. The Morgan fingerprint density at radius 2 is 2.20 bits per heavy atom. The monoisotopic (exact) mass is 273 g/mol. The van der Waals surface area contributed by atoms with Gasteiger partial charge >= 0.3 is 6.09 Å². The minimum atomic E-state index is -1.63. The van der Waals surface area contributed by atoms with Crippen LogP contribution in [0.15, 0.2) is 12.2 Å². The van der Waals surface area contributed by atoms with E-state index in [4.69, 9.17) is 39.9 Å². The summed E-state index contributed by atoms with van der Waals surface area (Å²) in [6.07, 6.45) is 1.21. The van der Waals surface area contributed by atoms with Crippen LogP contribution in [-0.4, -0.2) is 31.7 Å². The zero-order valence-corrected chi connectivity index (χ0v) is 9.85. The standard InChI is InChI=1S/C8H10Cl3NO3/c9-8(10,11)4-7(12-6(14)15)3-1-2-5(7)13/h1,3,5,12-13H,2,4H2,(H,14,15)/t5-,7+/m1/s1. The van der Waals surface area contributed by atoms with E-state index in [-0.39, 0.29) is 6.42 Å². The van der Waals surface area contributed by atoms with Gasteiger partial charge < -0.3 is 15.5 Å². The number of carboxylic acid groups (broad SMARTS) is 1. The van der Waals surface area contributed by atoms with Crippen molar-refractivity contribution < 1.29 is 15.0 Å². The van der Waals surface area contributed by atoms with Crippen LogP contribution in [0.1, 0.15) is 12.8 Å². The van der Waals surface area contributed by atoms with Gasteiger partial charge in [-0.15, -0.1) is 0 Å². The Hall–Kier alpha value is -0.160. The van der Waals surface area contributed by atoms with Gasteiger partial charge in [-0.25, -0.2) is 4.79 Å². The van der Waals surface area contributed by atoms with Crippen molar-refractivity contribution in [2.24, 2.45) is 0 Å². The summed E-state index contributed by atoms with van der Waals surface area (Å²) in [5.74, 6) is 0. The van der Waals surface area contributed by atoms with Gasteiger partial charge in [-0.3, -0.25) is 0 Å². The van der Waals surface area contributed by atoms with Gasteiger partial charge in [0.25, 0.3) is 0 Å². The smallest absolute Gasteiger partial charge is 0.405 e. The molecule has 0 aromatic carbocycles. The predicted molar refractivity (Wildman–Crippen MR) is 58.6 cm³/mol. The maximum atomic E-state index is 10.6. The molecule has 0 saturated heterocycles. The number of rotatable bonds is 2. The van der Waals surface area contributed by atoms with Gasteiger partial charge in [0.05, 0.1) is 11.6 Å². The van der Waals surface area contributed by atoms with Crippen molar-refractivity contribution in [2.75, 3.05) is 0 Å². The van der Waals surface area contributed by atoms with Gasteiger partial charge in [0, 0.05) is 6.42 Å². The molecular formula is C8H10Cl3NO3. The summed E-state index contributed by atoms with van der Waals surface area (Å²) in [5, 5.41) is 20.5. The number of aliphatic hydroxyl groups excluding tert-OH is 1. The zero-order chi connectivity index (χ0) is 11.7. The minimum Gasteiger partial charge on any atom is -0.465 e. The van der Waals surface area contributed by atoms with Gasteiger partial charge in [0.1, 0.15) is 0 Å². The molecule has 3 N–H and O–H groups in total. The first-order valence-corrected chi connectivity index (χ1v) is 5.32. The first kappa shape index (κ1) is 12.9. The van der Waals surface area contributed by atoms with Gasteiger partial charge in [-0.05, 0) is 6.42 Å². The van der Waals surface area contributed by atoms with E-state index in [0.717, 1.165) is 0 Å². The third kappa shape index (κ3) is 3.41. The lowest BCUT2D eigenvalue weighted by atomic mass is 9.92. The molecule has 15 heavy (non-hydrogen) atoms. The molecule has 0 heterocycles. The van der Waals surface area contributed by atoms with E-state index in [2.05, 4.69) is 5.32 Å². The lowest BCUT2D eigenvalue weighted by Gasteiger charge is -2.34. The third-order valence-electron chi connectivity index (χ3n) is 2.20. The topological polar surface area (TPSA) is 69.6 Å². The fourth-order valence-electron chi connectivity index (χ4n) is 1.61. The summed E-state index contributed by atoms with van der Waals surface area (Å²) in [6, 6.07) is 0. The Bertz CT molecular complexity index is 289. The van der Waals surface area contributed by atoms with Gasteiger partial charge in [-0.1, -0.05) is 47.0 Å². The number of alkyl halides is 3. The molecule has 0 aromatic heterocycles. The lowest BCUT2D eigenvalue weighted by Crippen LogP contribution is -2.54. The third-order valence-corrected chi connectivity index (χ3v) is 2.60. The average molecular weight is 275 g/mol. The first-order valence-electron chi connectivity index (χ1n) is 4.19. The fraction of sp³-hybridized carbons (Fsp3) is 0.625. The molecular weight excluding hydrogens is 264 g/mol. The highest BCUT2D eigenvalue weighted by Gasteiger charge is 2.45.